The van der Waals surface area contributed by atoms with Crippen molar-refractivity contribution in [1.29, 1.82) is 0 Å². The van der Waals surface area contributed by atoms with Crippen LogP contribution in [0, 0.1) is 0 Å². The molecule has 1 aromatic heterocycles. The molecule has 0 saturated heterocycles. The Kier molecular flexibility index (Phi) is 5.35. The average Bonchev–Trinajstić information content (AvgIpc) is 2.77. The lowest BCUT2D eigenvalue weighted by molar-refractivity contribution is 0.0907. The molecule has 6 nitrogen and oxygen atoms in total. The number of nitrogens with one attached hydrogen (secondary N) is 1. The third-order valence-electron chi connectivity index (χ3n) is 1.88. The Labute approximate surface area is 93.9 Å². The van der Waals surface area contributed by atoms with E-state index in [9.17, 15) is 4.79 Å². The highest BCUT2D eigenvalue weighted by Crippen LogP contribution is 2.09. The Hall–Kier alpha value is -1.56. The van der Waals surface area contributed by atoms with Crippen molar-refractivity contribution in [3.05, 3.63) is 11.8 Å². The van der Waals surface area contributed by atoms with E-state index in [0.29, 0.717) is 25.6 Å². The first-order valence-corrected chi connectivity index (χ1v) is 5.14. The number of hydrogen-bond donors (Lipinski definition) is 1. The highest BCUT2D eigenvalue weighted by Gasteiger charge is 2.12. The highest BCUT2D eigenvalue weighted by molar-refractivity contribution is 5.91. The number of carbonyl (C=O) groups is 1. The molecule has 16 heavy (non-hydrogen) atoms. The second-order valence-electron chi connectivity index (χ2n) is 3.04. The minimum absolute atomic E-state index is 0.147. The summed E-state index contributed by atoms with van der Waals surface area (Å²) < 4.78 is 14.7. The molecule has 1 heterocycles. The van der Waals surface area contributed by atoms with Gasteiger partial charge in [-0.15, -0.1) is 0 Å². The summed E-state index contributed by atoms with van der Waals surface area (Å²) in [4.78, 5) is 11.5. The lowest BCUT2D eigenvalue weighted by Crippen LogP contribution is -2.24. The molecule has 0 fully saturated rings. The summed E-state index contributed by atoms with van der Waals surface area (Å²) in [6.07, 6.45) is 0.769. The van der Waals surface area contributed by atoms with Crippen molar-refractivity contribution in [1.82, 2.24) is 10.5 Å². The van der Waals surface area contributed by atoms with Crippen LogP contribution < -0.4 is 10.1 Å². The zero-order valence-corrected chi connectivity index (χ0v) is 9.49. The van der Waals surface area contributed by atoms with Crippen LogP contribution in [-0.2, 0) is 4.74 Å². The van der Waals surface area contributed by atoms with Crippen LogP contribution in [0.25, 0.3) is 0 Å². The van der Waals surface area contributed by atoms with Gasteiger partial charge in [0.1, 0.15) is 0 Å². The van der Waals surface area contributed by atoms with Crippen LogP contribution in [0.4, 0.5) is 0 Å². The van der Waals surface area contributed by atoms with E-state index in [2.05, 4.69) is 10.5 Å². The normalized spacial score (nSPS) is 10.1. The van der Waals surface area contributed by atoms with Crippen molar-refractivity contribution >= 4 is 5.91 Å². The SMILES string of the molecule is CCOCCCNC(=O)c1cc(OC)no1. The van der Waals surface area contributed by atoms with E-state index >= 15 is 0 Å². The molecule has 1 N–H and O–H groups in total. The predicted octanol–water partition coefficient (Wildman–Crippen LogP) is 0.840. The molecule has 0 radical (unpaired) electrons. The molecule has 1 rings (SSSR count). The number of rotatable bonds is 7. The second kappa shape index (κ2) is 6.84. The first kappa shape index (κ1) is 12.5. The van der Waals surface area contributed by atoms with E-state index in [1.54, 1.807) is 0 Å². The van der Waals surface area contributed by atoms with E-state index in [4.69, 9.17) is 14.0 Å². The fourth-order valence-electron chi connectivity index (χ4n) is 1.07. The Bertz CT molecular complexity index is 324. The summed E-state index contributed by atoms with van der Waals surface area (Å²) in [5.41, 5.74) is 0. The topological polar surface area (TPSA) is 73.6 Å². The van der Waals surface area contributed by atoms with Crippen LogP contribution >= 0.6 is 0 Å². The first-order chi connectivity index (χ1) is 7.77. The number of nitrogens with zero attached hydrogens (tertiary/aromatic N) is 1. The summed E-state index contributed by atoms with van der Waals surface area (Å²) in [5.74, 6) is 0.139. The van der Waals surface area contributed by atoms with Crippen LogP contribution in [0.1, 0.15) is 23.9 Å². The molecule has 0 bridgehead atoms. The molecule has 0 atom stereocenters. The summed E-state index contributed by atoms with van der Waals surface area (Å²) >= 11 is 0. The second-order valence-corrected chi connectivity index (χ2v) is 3.04. The van der Waals surface area contributed by atoms with Crippen molar-refractivity contribution < 1.29 is 18.8 Å². The largest absolute Gasteiger partial charge is 0.479 e. The van der Waals surface area contributed by atoms with Gasteiger partial charge in [0.15, 0.2) is 0 Å². The van der Waals surface area contributed by atoms with Gasteiger partial charge in [-0.3, -0.25) is 4.79 Å². The molecule has 0 aliphatic carbocycles. The smallest absolute Gasteiger partial charge is 0.290 e. The molecule has 0 saturated carbocycles. The van der Waals surface area contributed by atoms with Crippen LogP contribution in [0.15, 0.2) is 10.6 Å². The van der Waals surface area contributed by atoms with Gasteiger partial charge in [-0.1, -0.05) is 0 Å². The standard InChI is InChI=1S/C10H16N2O4/c1-3-15-6-4-5-11-10(13)8-7-9(14-2)12-16-8/h7H,3-6H2,1-2H3,(H,11,13). The van der Waals surface area contributed by atoms with Crippen LogP contribution in [0.2, 0.25) is 0 Å². The van der Waals surface area contributed by atoms with Gasteiger partial charge in [0.25, 0.3) is 11.8 Å². The minimum atomic E-state index is -0.299. The molecule has 1 aromatic rings. The third kappa shape index (κ3) is 3.90. The van der Waals surface area contributed by atoms with Crippen LogP contribution in [0.3, 0.4) is 0 Å². The number of amides is 1. The fourth-order valence-corrected chi connectivity index (χ4v) is 1.07. The zero-order valence-electron chi connectivity index (χ0n) is 9.49. The molecule has 0 aromatic carbocycles. The van der Waals surface area contributed by atoms with Gasteiger partial charge in [0.2, 0.25) is 5.76 Å². The lowest BCUT2D eigenvalue weighted by Gasteiger charge is -2.02. The van der Waals surface area contributed by atoms with Gasteiger partial charge in [-0.2, -0.15) is 0 Å². The van der Waals surface area contributed by atoms with Gasteiger partial charge in [-0.25, -0.2) is 0 Å². The monoisotopic (exact) mass is 228 g/mol. The highest BCUT2D eigenvalue weighted by atomic mass is 16.5. The molecular weight excluding hydrogens is 212 g/mol. The number of ether oxygens (including phenoxy) is 2. The third-order valence-corrected chi connectivity index (χ3v) is 1.88. The van der Waals surface area contributed by atoms with Crippen LogP contribution in [0.5, 0.6) is 5.88 Å². The van der Waals surface area contributed by atoms with Gasteiger partial charge in [0, 0.05) is 19.8 Å². The zero-order chi connectivity index (χ0) is 11.8. The molecule has 1 amide bonds. The lowest BCUT2D eigenvalue weighted by atomic mass is 10.4. The maximum absolute atomic E-state index is 11.5. The average molecular weight is 228 g/mol. The van der Waals surface area contributed by atoms with E-state index in [-0.39, 0.29) is 11.7 Å². The maximum atomic E-state index is 11.5. The van der Waals surface area contributed by atoms with Crippen molar-refractivity contribution in [2.75, 3.05) is 26.9 Å². The Morgan fingerprint density at radius 2 is 2.44 bits per heavy atom. The predicted molar refractivity (Wildman–Crippen MR) is 56.5 cm³/mol. The van der Waals surface area contributed by atoms with E-state index in [1.165, 1.54) is 13.2 Å². The first-order valence-electron chi connectivity index (χ1n) is 5.14. The molecule has 0 unspecified atom stereocenters. The summed E-state index contributed by atoms with van der Waals surface area (Å²) in [5, 5.41) is 6.22. The van der Waals surface area contributed by atoms with E-state index in [0.717, 1.165) is 6.42 Å². The van der Waals surface area contributed by atoms with Gasteiger partial charge in [0.05, 0.1) is 13.2 Å². The van der Waals surface area contributed by atoms with Crippen molar-refractivity contribution in [3.8, 4) is 5.88 Å². The molecule has 90 valence electrons. The Morgan fingerprint density at radius 3 is 3.06 bits per heavy atom. The number of methoxy groups -OCH3 is 1. The fraction of sp³-hybridized carbons (Fsp3) is 0.600. The van der Waals surface area contributed by atoms with Gasteiger partial charge >= 0.3 is 0 Å². The number of aromatic nitrogens is 1. The minimum Gasteiger partial charge on any atom is -0.479 e. The van der Waals surface area contributed by atoms with Crippen molar-refractivity contribution in [2.24, 2.45) is 0 Å². The Balaban J connectivity index is 2.24. The molecule has 0 spiro atoms. The number of carbonyl (C=O) groups excluding carboxylic acids is 1. The van der Waals surface area contributed by atoms with E-state index < -0.39 is 0 Å². The summed E-state index contributed by atoms with van der Waals surface area (Å²) in [7, 11) is 1.46. The molecule has 0 aliphatic rings. The number of hydrogen-bond acceptors (Lipinski definition) is 5. The van der Waals surface area contributed by atoms with Crippen molar-refractivity contribution in [3.63, 3.8) is 0 Å². The van der Waals surface area contributed by atoms with Gasteiger partial charge < -0.3 is 19.3 Å². The van der Waals surface area contributed by atoms with Crippen LogP contribution in [-0.4, -0.2) is 37.9 Å². The van der Waals surface area contributed by atoms with Gasteiger partial charge in [-0.05, 0) is 18.5 Å². The van der Waals surface area contributed by atoms with Crippen molar-refractivity contribution in [2.45, 2.75) is 13.3 Å². The summed E-state index contributed by atoms with van der Waals surface area (Å²) in [6, 6.07) is 1.44. The Morgan fingerprint density at radius 1 is 1.62 bits per heavy atom. The summed E-state index contributed by atoms with van der Waals surface area (Å²) in [6.45, 7) is 3.80. The maximum Gasteiger partial charge on any atom is 0.290 e. The quantitative estimate of drug-likeness (QED) is 0.700. The van der Waals surface area contributed by atoms with E-state index in [1.807, 2.05) is 6.92 Å². The molecular formula is C10H16N2O4. The molecule has 6 heteroatoms. The molecule has 0 aliphatic heterocycles.